The predicted molar refractivity (Wildman–Crippen MR) is 107 cm³/mol. The van der Waals surface area contributed by atoms with Gasteiger partial charge in [-0.1, -0.05) is 18.2 Å². The van der Waals surface area contributed by atoms with Crippen LogP contribution in [-0.4, -0.2) is 25.2 Å². The number of benzene rings is 1. The van der Waals surface area contributed by atoms with Crippen molar-refractivity contribution in [2.24, 2.45) is 0 Å². The molecule has 3 heterocycles. The van der Waals surface area contributed by atoms with E-state index >= 15 is 0 Å². The molecule has 1 aromatic heterocycles. The Bertz CT molecular complexity index is 1180. The molecule has 0 radical (unpaired) electrons. The molecule has 0 unspecified atom stereocenters. The van der Waals surface area contributed by atoms with Crippen molar-refractivity contribution in [3.63, 3.8) is 0 Å². The normalized spacial score (nSPS) is 10.9. The largest absolute Gasteiger partial charge is 0.353 e. The van der Waals surface area contributed by atoms with E-state index in [1.165, 1.54) is 4.68 Å². The Hall–Kier alpha value is -3.74. The average molecular weight is 373 g/mol. The lowest BCUT2D eigenvalue weighted by molar-refractivity contribution is 0.102. The Kier molecular flexibility index (Phi) is 4.49. The van der Waals surface area contributed by atoms with E-state index in [1.54, 1.807) is 41.4 Å². The van der Waals surface area contributed by atoms with Crippen molar-refractivity contribution in [3.05, 3.63) is 82.5 Å². The molecule has 0 spiro atoms. The van der Waals surface area contributed by atoms with Gasteiger partial charge in [-0.25, -0.2) is 4.98 Å². The summed E-state index contributed by atoms with van der Waals surface area (Å²) >= 11 is 0. The molecule has 2 aliphatic rings. The number of rotatable bonds is 4. The van der Waals surface area contributed by atoms with Gasteiger partial charge in [-0.3, -0.25) is 9.59 Å². The predicted octanol–water partition coefficient (Wildman–Crippen LogP) is 3.11. The number of fused-ring (bicyclic) bond motifs is 1. The van der Waals surface area contributed by atoms with Gasteiger partial charge in [0.15, 0.2) is 0 Å². The van der Waals surface area contributed by atoms with Gasteiger partial charge < -0.3 is 9.88 Å². The number of amides is 1. The molecule has 2 aliphatic heterocycles. The molecule has 0 atom stereocenters. The van der Waals surface area contributed by atoms with Crippen molar-refractivity contribution in [1.29, 1.82) is 0 Å². The fraction of sp³-hybridized carbons (Fsp3) is 0.143. The monoisotopic (exact) mass is 373 g/mol. The van der Waals surface area contributed by atoms with Crippen LogP contribution in [0.2, 0.25) is 0 Å². The van der Waals surface area contributed by atoms with E-state index in [0.29, 0.717) is 34.9 Å². The number of nitrogens with zero attached hydrogens (tertiary/aromatic N) is 4. The van der Waals surface area contributed by atoms with Gasteiger partial charge in [-0.05, 0) is 43.7 Å². The van der Waals surface area contributed by atoms with Crippen molar-refractivity contribution >= 4 is 11.7 Å². The third-order valence-corrected chi connectivity index (χ3v) is 4.49. The van der Waals surface area contributed by atoms with Gasteiger partial charge in [-0.15, -0.1) is 0 Å². The smallest absolute Gasteiger partial charge is 0.282 e. The highest BCUT2D eigenvalue weighted by molar-refractivity contribution is 6.07. The summed E-state index contributed by atoms with van der Waals surface area (Å²) in [6.07, 6.45) is 5.07. The molecule has 0 bridgehead atoms. The van der Waals surface area contributed by atoms with Crippen LogP contribution in [0.15, 0.2) is 65.8 Å². The molecular formula is C21H19N5O2. The molecule has 0 saturated heterocycles. The molecule has 0 fully saturated rings. The van der Waals surface area contributed by atoms with E-state index < -0.39 is 0 Å². The van der Waals surface area contributed by atoms with E-state index in [2.05, 4.69) is 15.4 Å². The summed E-state index contributed by atoms with van der Waals surface area (Å²) in [7, 11) is 0. The molecular weight excluding hydrogens is 354 g/mol. The number of hydrogen-bond donors (Lipinski definition) is 1. The maximum atomic E-state index is 12.9. The molecule has 28 heavy (non-hydrogen) atoms. The van der Waals surface area contributed by atoms with Gasteiger partial charge in [0.1, 0.15) is 11.5 Å². The van der Waals surface area contributed by atoms with E-state index in [4.69, 9.17) is 0 Å². The van der Waals surface area contributed by atoms with E-state index in [-0.39, 0.29) is 11.5 Å². The first kappa shape index (κ1) is 17.7. The Morgan fingerprint density at radius 3 is 2.64 bits per heavy atom. The van der Waals surface area contributed by atoms with Crippen LogP contribution >= 0.6 is 0 Å². The van der Waals surface area contributed by atoms with Crippen LogP contribution in [0.5, 0.6) is 0 Å². The SMILES string of the molecule is CCn1cc(C(=O)Nc2cc(C)ccn2)c2nn(-c3ccccc3)c(=O)c-2c1. The third kappa shape index (κ3) is 3.18. The minimum atomic E-state index is -0.358. The minimum Gasteiger partial charge on any atom is -0.353 e. The second kappa shape index (κ2) is 7.11. The summed E-state index contributed by atoms with van der Waals surface area (Å²) in [5.41, 5.74) is 2.47. The molecule has 7 nitrogen and oxygen atoms in total. The number of pyridine rings is 2. The second-order valence-electron chi connectivity index (χ2n) is 6.49. The van der Waals surface area contributed by atoms with E-state index in [9.17, 15) is 9.59 Å². The highest BCUT2D eigenvalue weighted by Crippen LogP contribution is 2.23. The summed E-state index contributed by atoms with van der Waals surface area (Å²) < 4.78 is 3.13. The molecule has 4 rings (SSSR count). The number of carbonyl (C=O) groups is 1. The van der Waals surface area contributed by atoms with Crippen LogP contribution in [0.1, 0.15) is 22.8 Å². The number of anilines is 1. The molecule has 2 aromatic rings. The zero-order valence-corrected chi connectivity index (χ0v) is 15.6. The Morgan fingerprint density at radius 1 is 1.14 bits per heavy atom. The van der Waals surface area contributed by atoms with Crippen molar-refractivity contribution in [2.45, 2.75) is 20.4 Å². The van der Waals surface area contributed by atoms with Crippen LogP contribution in [-0.2, 0) is 6.54 Å². The number of nitrogens with one attached hydrogen (secondary N) is 1. The molecule has 0 saturated carbocycles. The first-order valence-corrected chi connectivity index (χ1v) is 8.99. The summed E-state index contributed by atoms with van der Waals surface area (Å²) in [4.78, 5) is 30.0. The number of para-hydroxylation sites is 1. The minimum absolute atomic E-state index is 0.258. The molecule has 7 heteroatoms. The highest BCUT2D eigenvalue weighted by atomic mass is 16.2. The highest BCUT2D eigenvalue weighted by Gasteiger charge is 2.24. The van der Waals surface area contributed by atoms with Crippen molar-refractivity contribution < 1.29 is 4.79 Å². The Balaban J connectivity index is 1.83. The van der Waals surface area contributed by atoms with Crippen LogP contribution in [0.25, 0.3) is 16.9 Å². The average Bonchev–Trinajstić information content (AvgIpc) is 3.04. The topological polar surface area (TPSA) is 81.8 Å². The van der Waals surface area contributed by atoms with Gasteiger partial charge in [0.05, 0.1) is 16.8 Å². The van der Waals surface area contributed by atoms with Crippen LogP contribution in [0.4, 0.5) is 5.82 Å². The van der Waals surface area contributed by atoms with Crippen molar-refractivity contribution in [2.75, 3.05) is 5.32 Å². The molecule has 140 valence electrons. The van der Waals surface area contributed by atoms with Crippen LogP contribution in [0.3, 0.4) is 0 Å². The van der Waals surface area contributed by atoms with Crippen molar-refractivity contribution in [1.82, 2.24) is 19.3 Å². The maximum absolute atomic E-state index is 12.9. The Morgan fingerprint density at radius 2 is 1.93 bits per heavy atom. The number of aryl methyl sites for hydroxylation is 2. The van der Waals surface area contributed by atoms with E-state index in [0.717, 1.165) is 5.56 Å². The molecule has 1 amide bonds. The zero-order chi connectivity index (χ0) is 19.7. The quantitative estimate of drug-likeness (QED) is 0.596. The fourth-order valence-electron chi connectivity index (χ4n) is 3.04. The lowest BCUT2D eigenvalue weighted by Gasteiger charge is -2.11. The van der Waals surface area contributed by atoms with Crippen LogP contribution < -0.4 is 10.9 Å². The van der Waals surface area contributed by atoms with Gasteiger partial charge >= 0.3 is 0 Å². The molecule has 1 aromatic carbocycles. The summed E-state index contributed by atoms with van der Waals surface area (Å²) in [6, 6.07) is 12.8. The van der Waals surface area contributed by atoms with Gasteiger partial charge in [0.2, 0.25) is 0 Å². The van der Waals surface area contributed by atoms with Gasteiger partial charge in [0, 0.05) is 25.1 Å². The first-order chi connectivity index (χ1) is 13.6. The van der Waals surface area contributed by atoms with Gasteiger partial charge in [-0.2, -0.15) is 9.78 Å². The standard InChI is InChI=1S/C21H19N5O2/c1-3-25-12-16(20(27)23-18-11-14(2)9-10-22-18)19-17(13-25)21(28)26(24-19)15-7-5-4-6-8-15/h4-13H,3H2,1-2H3,(H,22,23,27). The van der Waals surface area contributed by atoms with Crippen molar-refractivity contribution in [3.8, 4) is 16.9 Å². The number of hydrogen-bond acceptors (Lipinski definition) is 4. The van der Waals surface area contributed by atoms with E-state index in [1.807, 2.05) is 38.1 Å². The first-order valence-electron chi connectivity index (χ1n) is 8.99. The third-order valence-electron chi connectivity index (χ3n) is 4.49. The Labute approximate surface area is 161 Å². The lowest BCUT2D eigenvalue weighted by Crippen LogP contribution is -2.18. The van der Waals surface area contributed by atoms with Gasteiger partial charge in [0.25, 0.3) is 11.5 Å². The number of aromatic nitrogens is 4. The zero-order valence-electron chi connectivity index (χ0n) is 15.6. The maximum Gasteiger partial charge on any atom is 0.282 e. The summed E-state index contributed by atoms with van der Waals surface area (Å²) in [6.45, 7) is 4.49. The summed E-state index contributed by atoms with van der Waals surface area (Å²) in [5, 5.41) is 7.24. The fourth-order valence-corrected chi connectivity index (χ4v) is 3.04. The molecule has 1 N–H and O–H groups in total. The second-order valence-corrected chi connectivity index (χ2v) is 6.49. The summed E-state index contributed by atoms with van der Waals surface area (Å²) in [5.74, 6) is 0.0958. The lowest BCUT2D eigenvalue weighted by atomic mass is 10.1. The van der Waals surface area contributed by atoms with Crippen LogP contribution in [0, 0.1) is 6.92 Å². The molecule has 0 aliphatic carbocycles. The number of carbonyl (C=O) groups excluding carboxylic acids is 1.